The number of halogens is 4. The lowest BCUT2D eigenvalue weighted by Crippen LogP contribution is -2.20. The van der Waals surface area contributed by atoms with Gasteiger partial charge in [-0.05, 0) is 42.9 Å². The van der Waals surface area contributed by atoms with Gasteiger partial charge >= 0.3 is 0 Å². The van der Waals surface area contributed by atoms with E-state index in [0.29, 0.717) is 30.1 Å². The molecule has 2 rings (SSSR count). The van der Waals surface area contributed by atoms with Gasteiger partial charge in [-0.25, -0.2) is 13.2 Å². The molecule has 4 nitrogen and oxygen atoms in total. The number of benzene rings is 2. The van der Waals surface area contributed by atoms with Crippen LogP contribution in [0.1, 0.15) is 50.4 Å². The molecule has 34 heavy (non-hydrogen) atoms. The molecular formula is C25H31ClF3NO3S. The molecule has 0 saturated heterocycles. The van der Waals surface area contributed by atoms with Gasteiger partial charge in [0.05, 0.1) is 18.2 Å². The number of thioether (sulfide) groups is 1. The Morgan fingerprint density at radius 1 is 1.18 bits per heavy atom. The first-order valence-electron chi connectivity index (χ1n) is 11.3. The van der Waals surface area contributed by atoms with E-state index >= 15 is 0 Å². The molecule has 1 amide bonds. The molecule has 0 aliphatic carbocycles. The summed E-state index contributed by atoms with van der Waals surface area (Å²) in [7, 11) is 0. The molecule has 0 aliphatic rings. The second-order valence-corrected chi connectivity index (χ2v) is 10.2. The average Bonchev–Trinajstić information content (AvgIpc) is 2.78. The molecule has 2 aromatic rings. The highest BCUT2D eigenvalue weighted by molar-refractivity contribution is 8.00. The van der Waals surface area contributed by atoms with Crippen LogP contribution in [0.5, 0.6) is 0 Å². The zero-order valence-corrected chi connectivity index (χ0v) is 21.1. The summed E-state index contributed by atoms with van der Waals surface area (Å²) in [5.74, 6) is -4.22. The second kappa shape index (κ2) is 14.0. The zero-order valence-electron chi connectivity index (χ0n) is 19.5. The van der Waals surface area contributed by atoms with Crippen LogP contribution in [-0.2, 0) is 4.74 Å². The Bertz CT molecular complexity index is 940. The third-order valence-electron chi connectivity index (χ3n) is 5.41. The van der Waals surface area contributed by atoms with Crippen molar-refractivity contribution >= 4 is 35.0 Å². The fourth-order valence-electron chi connectivity index (χ4n) is 3.71. The van der Waals surface area contributed by atoms with Crippen molar-refractivity contribution in [2.45, 2.75) is 50.2 Å². The van der Waals surface area contributed by atoms with E-state index in [1.165, 1.54) is 6.07 Å². The Balaban J connectivity index is 2.11. The summed E-state index contributed by atoms with van der Waals surface area (Å²) in [6.45, 7) is 7.30. The number of hydrogen-bond acceptors (Lipinski definition) is 4. The van der Waals surface area contributed by atoms with E-state index in [2.05, 4.69) is 26.1 Å². The van der Waals surface area contributed by atoms with Crippen molar-refractivity contribution in [2.75, 3.05) is 25.1 Å². The fraction of sp³-hybridized carbons (Fsp3) is 0.480. The van der Waals surface area contributed by atoms with Crippen molar-refractivity contribution in [3.05, 3.63) is 58.4 Å². The third-order valence-corrected chi connectivity index (χ3v) is 7.20. The summed E-state index contributed by atoms with van der Waals surface area (Å²) in [6, 6.07) is 6.23. The van der Waals surface area contributed by atoms with E-state index in [9.17, 15) is 18.0 Å². The first-order chi connectivity index (χ1) is 16.2. The summed E-state index contributed by atoms with van der Waals surface area (Å²) >= 11 is 7.97. The molecule has 0 fully saturated rings. The maximum absolute atomic E-state index is 13.5. The SMILES string of the molecule is CCCC(CC(C)COCCO)C(C)Sc1cc(C(=O)Nc2cc(F)c(F)c(F)c2)ccc1Cl. The van der Waals surface area contributed by atoms with Crippen molar-refractivity contribution in [2.24, 2.45) is 11.8 Å². The minimum absolute atomic E-state index is 0.00478. The van der Waals surface area contributed by atoms with Crippen LogP contribution in [-0.4, -0.2) is 36.1 Å². The molecule has 0 aliphatic heterocycles. The number of anilines is 1. The van der Waals surface area contributed by atoms with Crippen LogP contribution in [0.2, 0.25) is 5.02 Å². The first kappa shape index (κ1) is 28.5. The van der Waals surface area contributed by atoms with Crippen LogP contribution < -0.4 is 5.32 Å². The molecule has 2 aromatic carbocycles. The minimum Gasteiger partial charge on any atom is -0.394 e. The Morgan fingerprint density at radius 2 is 1.85 bits per heavy atom. The fourth-order valence-corrected chi connectivity index (χ4v) is 5.18. The predicted molar refractivity (Wildman–Crippen MR) is 131 cm³/mol. The smallest absolute Gasteiger partial charge is 0.255 e. The van der Waals surface area contributed by atoms with Crippen molar-refractivity contribution < 1.29 is 27.8 Å². The number of nitrogens with one attached hydrogen (secondary N) is 1. The van der Waals surface area contributed by atoms with E-state index < -0.39 is 23.4 Å². The van der Waals surface area contributed by atoms with E-state index in [1.54, 1.807) is 23.9 Å². The lowest BCUT2D eigenvalue weighted by molar-refractivity contribution is 0.0653. The average molecular weight is 518 g/mol. The van der Waals surface area contributed by atoms with Gasteiger partial charge in [0.2, 0.25) is 0 Å². The summed E-state index contributed by atoms with van der Waals surface area (Å²) in [6.07, 6.45) is 3.01. The lowest BCUT2D eigenvalue weighted by Gasteiger charge is -2.26. The number of carbonyl (C=O) groups is 1. The highest BCUT2D eigenvalue weighted by Crippen LogP contribution is 2.37. The van der Waals surface area contributed by atoms with Crippen LogP contribution in [0.4, 0.5) is 18.9 Å². The number of amides is 1. The summed E-state index contributed by atoms with van der Waals surface area (Å²) in [5.41, 5.74) is 0.0846. The normalized spacial score (nSPS) is 14.0. The minimum atomic E-state index is -1.59. The molecule has 0 spiro atoms. The molecule has 0 radical (unpaired) electrons. The van der Waals surface area contributed by atoms with Crippen LogP contribution in [0.3, 0.4) is 0 Å². The standard InChI is InChI=1S/C25H31ClF3NO3S/c1-4-5-17(10-15(2)14-33-9-8-31)16(3)34-23-11-18(6-7-20(23)26)25(32)30-19-12-21(27)24(29)22(28)13-19/h6-7,11-13,15-17,31H,4-5,8-10,14H2,1-3H3,(H,30,32). The Kier molecular flexibility index (Phi) is 11.7. The van der Waals surface area contributed by atoms with Gasteiger partial charge in [0, 0.05) is 40.1 Å². The van der Waals surface area contributed by atoms with Crippen LogP contribution in [0.25, 0.3) is 0 Å². The van der Waals surface area contributed by atoms with Gasteiger partial charge in [0.1, 0.15) is 0 Å². The van der Waals surface area contributed by atoms with Crippen molar-refractivity contribution in [1.82, 2.24) is 0 Å². The van der Waals surface area contributed by atoms with Gasteiger partial charge in [-0.3, -0.25) is 4.79 Å². The van der Waals surface area contributed by atoms with E-state index in [-0.39, 0.29) is 23.1 Å². The van der Waals surface area contributed by atoms with Crippen LogP contribution in [0.15, 0.2) is 35.2 Å². The van der Waals surface area contributed by atoms with Crippen molar-refractivity contribution in [1.29, 1.82) is 0 Å². The summed E-state index contributed by atoms with van der Waals surface area (Å²) in [4.78, 5) is 13.4. The van der Waals surface area contributed by atoms with Gasteiger partial charge in [0.25, 0.3) is 5.91 Å². The quantitative estimate of drug-likeness (QED) is 0.172. The summed E-state index contributed by atoms with van der Waals surface area (Å²) in [5, 5.41) is 12.0. The molecule has 0 aromatic heterocycles. The maximum Gasteiger partial charge on any atom is 0.255 e. The Labute approximate surface area is 208 Å². The van der Waals surface area contributed by atoms with Gasteiger partial charge in [-0.1, -0.05) is 38.8 Å². The Morgan fingerprint density at radius 3 is 2.47 bits per heavy atom. The largest absolute Gasteiger partial charge is 0.394 e. The monoisotopic (exact) mass is 517 g/mol. The van der Waals surface area contributed by atoms with E-state index in [0.717, 1.165) is 36.3 Å². The lowest BCUT2D eigenvalue weighted by atomic mass is 9.90. The van der Waals surface area contributed by atoms with Crippen LogP contribution in [0, 0.1) is 29.3 Å². The number of ether oxygens (including phenoxy) is 1. The number of aliphatic hydroxyl groups is 1. The summed E-state index contributed by atoms with van der Waals surface area (Å²) < 4.78 is 45.6. The molecule has 0 saturated carbocycles. The molecule has 0 heterocycles. The Hall–Kier alpha value is -1.74. The number of rotatable bonds is 13. The predicted octanol–water partition coefficient (Wildman–Crippen LogP) is 6.94. The molecule has 3 atom stereocenters. The van der Waals surface area contributed by atoms with Crippen molar-refractivity contribution in [3.63, 3.8) is 0 Å². The molecular weight excluding hydrogens is 487 g/mol. The number of aliphatic hydroxyl groups excluding tert-OH is 1. The molecule has 2 N–H and O–H groups in total. The zero-order chi connectivity index (χ0) is 25.3. The highest BCUT2D eigenvalue weighted by atomic mass is 35.5. The van der Waals surface area contributed by atoms with Crippen molar-refractivity contribution in [3.8, 4) is 0 Å². The van der Waals surface area contributed by atoms with Gasteiger partial charge in [-0.15, -0.1) is 11.8 Å². The third kappa shape index (κ3) is 8.48. The molecule has 0 bridgehead atoms. The van der Waals surface area contributed by atoms with Gasteiger partial charge in [0.15, 0.2) is 17.5 Å². The second-order valence-electron chi connectivity index (χ2n) is 8.36. The van der Waals surface area contributed by atoms with Crippen LogP contribution >= 0.6 is 23.4 Å². The number of hydrogen-bond donors (Lipinski definition) is 2. The molecule has 9 heteroatoms. The topological polar surface area (TPSA) is 58.6 Å². The van der Waals surface area contributed by atoms with E-state index in [1.807, 2.05) is 0 Å². The molecule has 3 unspecified atom stereocenters. The van der Waals surface area contributed by atoms with E-state index in [4.69, 9.17) is 21.4 Å². The first-order valence-corrected chi connectivity index (χ1v) is 12.5. The van der Waals surface area contributed by atoms with Gasteiger partial charge in [-0.2, -0.15) is 0 Å². The van der Waals surface area contributed by atoms with Gasteiger partial charge < -0.3 is 15.2 Å². The number of carbonyl (C=O) groups excluding carboxylic acids is 1. The highest BCUT2D eigenvalue weighted by Gasteiger charge is 2.22. The maximum atomic E-state index is 13.5. The molecule has 188 valence electrons.